The molecule has 0 amide bonds. The van der Waals surface area contributed by atoms with Crippen LogP contribution in [0.3, 0.4) is 0 Å². The molecule has 96 valence electrons. The molecule has 0 spiro atoms. The SMILES string of the molecule is CCCCOC(C)(CC(C)(C)OC)C(=O)O. The number of rotatable bonds is 8. The molecule has 1 unspecified atom stereocenters. The number of ether oxygens (including phenoxy) is 2. The summed E-state index contributed by atoms with van der Waals surface area (Å²) in [5.74, 6) is -0.936. The minimum atomic E-state index is -1.17. The molecule has 4 nitrogen and oxygen atoms in total. The van der Waals surface area contributed by atoms with Gasteiger partial charge in [0.15, 0.2) is 5.60 Å². The first-order chi connectivity index (χ1) is 7.27. The average molecular weight is 232 g/mol. The van der Waals surface area contributed by atoms with E-state index in [9.17, 15) is 9.90 Å². The predicted molar refractivity (Wildman–Crippen MR) is 62.6 cm³/mol. The van der Waals surface area contributed by atoms with Crippen molar-refractivity contribution in [3.63, 3.8) is 0 Å². The standard InChI is InChI=1S/C12H24O4/c1-6-7-8-16-12(4,10(13)14)9-11(2,3)15-5/h6-9H2,1-5H3,(H,13,14). The Kier molecular flexibility index (Phi) is 5.97. The zero-order valence-electron chi connectivity index (χ0n) is 11.0. The van der Waals surface area contributed by atoms with E-state index in [1.165, 1.54) is 0 Å². The molecule has 16 heavy (non-hydrogen) atoms. The van der Waals surface area contributed by atoms with Gasteiger partial charge in [-0.05, 0) is 27.2 Å². The van der Waals surface area contributed by atoms with E-state index in [0.717, 1.165) is 12.8 Å². The van der Waals surface area contributed by atoms with Crippen LogP contribution in [-0.4, -0.2) is 36.0 Å². The van der Waals surface area contributed by atoms with E-state index >= 15 is 0 Å². The maximum Gasteiger partial charge on any atom is 0.335 e. The first kappa shape index (κ1) is 15.4. The Balaban J connectivity index is 4.51. The van der Waals surface area contributed by atoms with Gasteiger partial charge in [0.05, 0.1) is 5.60 Å². The van der Waals surface area contributed by atoms with Crippen LogP contribution in [0.4, 0.5) is 0 Å². The van der Waals surface area contributed by atoms with E-state index in [4.69, 9.17) is 9.47 Å². The lowest BCUT2D eigenvalue weighted by Crippen LogP contribution is -2.45. The fourth-order valence-electron chi connectivity index (χ4n) is 1.51. The summed E-state index contributed by atoms with van der Waals surface area (Å²) >= 11 is 0. The molecule has 0 fully saturated rings. The molecule has 0 aliphatic carbocycles. The third-order valence-electron chi connectivity index (χ3n) is 2.69. The highest BCUT2D eigenvalue weighted by Crippen LogP contribution is 2.26. The zero-order chi connectivity index (χ0) is 12.8. The molecule has 1 atom stereocenters. The Hall–Kier alpha value is -0.610. The lowest BCUT2D eigenvalue weighted by Gasteiger charge is -2.33. The molecule has 0 radical (unpaired) electrons. The highest BCUT2D eigenvalue weighted by molar-refractivity contribution is 5.77. The van der Waals surface area contributed by atoms with Crippen LogP contribution in [0.5, 0.6) is 0 Å². The number of carboxylic acid groups (broad SMARTS) is 1. The normalized spacial score (nSPS) is 15.8. The molecular formula is C12H24O4. The van der Waals surface area contributed by atoms with E-state index in [1.54, 1.807) is 14.0 Å². The molecule has 0 aliphatic rings. The minimum Gasteiger partial charge on any atom is -0.479 e. The summed E-state index contributed by atoms with van der Waals surface area (Å²) < 4.78 is 10.7. The van der Waals surface area contributed by atoms with Gasteiger partial charge in [0.1, 0.15) is 0 Å². The Bertz CT molecular complexity index is 225. The summed E-state index contributed by atoms with van der Waals surface area (Å²) in [6.45, 7) is 7.83. The highest BCUT2D eigenvalue weighted by atomic mass is 16.5. The number of carboxylic acids is 1. The van der Waals surface area contributed by atoms with E-state index in [-0.39, 0.29) is 0 Å². The first-order valence-corrected chi connectivity index (χ1v) is 5.70. The van der Waals surface area contributed by atoms with E-state index in [1.807, 2.05) is 20.8 Å². The average Bonchev–Trinajstić information content (AvgIpc) is 2.17. The number of hydrogen-bond acceptors (Lipinski definition) is 3. The van der Waals surface area contributed by atoms with Crippen LogP contribution in [0.15, 0.2) is 0 Å². The summed E-state index contributed by atoms with van der Waals surface area (Å²) in [6, 6.07) is 0. The van der Waals surface area contributed by atoms with Gasteiger partial charge in [0, 0.05) is 20.1 Å². The fraction of sp³-hybridized carbons (Fsp3) is 0.917. The van der Waals surface area contributed by atoms with Gasteiger partial charge < -0.3 is 14.6 Å². The topological polar surface area (TPSA) is 55.8 Å². The Morgan fingerprint density at radius 3 is 2.25 bits per heavy atom. The molecule has 0 aromatic rings. The summed E-state index contributed by atoms with van der Waals surface area (Å²) in [7, 11) is 1.58. The van der Waals surface area contributed by atoms with Gasteiger partial charge in [-0.3, -0.25) is 0 Å². The van der Waals surface area contributed by atoms with Gasteiger partial charge in [0.2, 0.25) is 0 Å². The molecule has 0 bridgehead atoms. The van der Waals surface area contributed by atoms with E-state index in [0.29, 0.717) is 13.0 Å². The summed E-state index contributed by atoms with van der Waals surface area (Å²) in [6.07, 6.45) is 2.19. The van der Waals surface area contributed by atoms with Crippen molar-refractivity contribution in [2.24, 2.45) is 0 Å². The number of methoxy groups -OCH3 is 1. The number of hydrogen-bond donors (Lipinski definition) is 1. The molecule has 4 heteroatoms. The molecule has 0 heterocycles. The van der Waals surface area contributed by atoms with Crippen LogP contribution >= 0.6 is 0 Å². The van der Waals surface area contributed by atoms with Crippen LogP contribution in [-0.2, 0) is 14.3 Å². The number of carbonyl (C=O) groups is 1. The largest absolute Gasteiger partial charge is 0.479 e. The van der Waals surface area contributed by atoms with E-state index in [2.05, 4.69) is 0 Å². The summed E-state index contributed by atoms with van der Waals surface area (Å²) in [4.78, 5) is 11.2. The van der Waals surface area contributed by atoms with Crippen molar-refractivity contribution in [3.05, 3.63) is 0 Å². The molecule has 0 aliphatic heterocycles. The monoisotopic (exact) mass is 232 g/mol. The predicted octanol–water partition coefficient (Wildman–Crippen LogP) is 2.46. The van der Waals surface area contributed by atoms with Crippen molar-refractivity contribution in [1.29, 1.82) is 0 Å². The lowest BCUT2D eigenvalue weighted by molar-refractivity contribution is -0.172. The minimum absolute atomic E-state index is 0.329. The van der Waals surface area contributed by atoms with E-state index < -0.39 is 17.2 Å². The van der Waals surface area contributed by atoms with Gasteiger partial charge in [-0.15, -0.1) is 0 Å². The van der Waals surface area contributed by atoms with Crippen molar-refractivity contribution in [1.82, 2.24) is 0 Å². The molecular weight excluding hydrogens is 208 g/mol. The first-order valence-electron chi connectivity index (χ1n) is 5.70. The summed E-state index contributed by atoms with van der Waals surface area (Å²) in [5.41, 5.74) is -1.67. The molecule has 1 N–H and O–H groups in total. The quantitative estimate of drug-likeness (QED) is 0.653. The van der Waals surface area contributed by atoms with Crippen molar-refractivity contribution in [2.75, 3.05) is 13.7 Å². The van der Waals surface area contributed by atoms with Crippen LogP contribution in [0.25, 0.3) is 0 Å². The van der Waals surface area contributed by atoms with Crippen molar-refractivity contribution in [2.45, 2.75) is 58.2 Å². The third kappa shape index (κ3) is 4.94. The molecule has 0 saturated carbocycles. The highest BCUT2D eigenvalue weighted by Gasteiger charge is 2.40. The molecule has 0 aromatic carbocycles. The Morgan fingerprint density at radius 1 is 1.31 bits per heavy atom. The zero-order valence-corrected chi connectivity index (χ0v) is 11.0. The fourth-order valence-corrected chi connectivity index (χ4v) is 1.51. The molecule has 0 aromatic heterocycles. The Morgan fingerprint density at radius 2 is 1.88 bits per heavy atom. The van der Waals surface area contributed by atoms with Crippen LogP contribution < -0.4 is 0 Å². The van der Waals surface area contributed by atoms with Gasteiger partial charge in [0.25, 0.3) is 0 Å². The second-order valence-corrected chi connectivity index (χ2v) is 4.88. The van der Waals surface area contributed by atoms with Gasteiger partial charge in [-0.25, -0.2) is 4.79 Å². The second kappa shape index (κ2) is 6.21. The third-order valence-corrected chi connectivity index (χ3v) is 2.69. The number of aliphatic carboxylic acids is 1. The van der Waals surface area contributed by atoms with Crippen LogP contribution in [0.2, 0.25) is 0 Å². The molecule has 0 rings (SSSR count). The van der Waals surface area contributed by atoms with Gasteiger partial charge in [-0.2, -0.15) is 0 Å². The smallest absolute Gasteiger partial charge is 0.335 e. The lowest BCUT2D eigenvalue weighted by atomic mass is 9.90. The molecule has 0 saturated heterocycles. The van der Waals surface area contributed by atoms with Crippen LogP contribution in [0, 0.1) is 0 Å². The van der Waals surface area contributed by atoms with Crippen molar-refractivity contribution < 1.29 is 19.4 Å². The maximum atomic E-state index is 11.2. The second-order valence-electron chi connectivity index (χ2n) is 4.88. The van der Waals surface area contributed by atoms with Crippen molar-refractivity contribution >= 4 is 5.97 Å². The Labute approximate surface area is 97.9 Å². The van der Waals surface area contributed by atoms with Crippen molar-refractivity contribution in [3.8, 4) is 0 Å². The van der Waals surface area contributed by atoms with Gasteiger partial charge >= 0.3 is 5.97 Å². The number of unbranched alkanes of at least 4 members (excludes halogenated alkanes) is 1. The van der Waals surface area contributed by atoms with Crippen LogP contribution in [0.1, 0.15) is 47.0 Å². The maximum absolute atomic E-state index is 11.2. The summed E-state index contributed by atoms with van der Waals surface area (Å²) in [5, 5.41) is 9.21. The van der Waals surface area contributed by atoms with Gasteiger partial charge in [-0.1, -0.05) is 13.3 Å².